The molecule has 1 amide bonds. The molecule has 154 valence electrons. The highest BCUT2D eigenvalue weighted by Crippen LogP contribution is 2.43. The number of carbonyl (C=O) groups excluding carboxylic acids is 1. The summed E-state index contributed by atoms with van der Waals surface area (Å²) in [5, 5.41) is 9.75. The van der Waals surface area contributed by atoms with Crippen LogP contribution in [0.3, 0.4) is 0 Å². The maximum absolute atomic E-state index is 13.9. The van der Waals surface area contributed by atoms with E-state index in [1.165, 1.54) is 12.1 Å². The number of benzene rings is 1. The zero-order chi connectivity index (χ0) is 19.7. The summed E-state index contributed by atoms with van der Waals surface area (Å²) < 4.78 is 27.8. The van der Waals surface area contributed by atoms with E-state index in [1.807, 2.05) is 4.90 Å². The lowest BCUT2D eigenvalue weighted by Crippen LogP contribution is -2.50. The summed E-state index contributed by atoms with van der Waals surface area (Å²) in [6, 6.07) is 3.57. The van der Waals surface area contributed by atoms with Crippen LogP contribution in [0.5, 0.6) is 0 Å². The number of amides is 1. The topological polar surface area (TPSA) is 43.8 Å². The number of halogens is 2. The Kier molecular flexibility index (Phi) is 5.70. The molecule has 1 aliphatic carbocycles. The summed E-state index contributed by atoms with van der Waals surface area (Å²) in [6.45, 7) is 3.96. The molecule has 1 saturated carbocycles. The van der Waals surface area contributed by atoms with Gasteiger partial charge in [0, 0.05) is 38.8 Å². The highest BCUT2D eigenvalue weighted by atomic mass is 19.1. The standard InChI is InChI=1S/C22H30F2N2O2/c23-18-10-17(11-19(24)12-18)22(6-1-2-7-22)21(28)26-8-3-4-16(14-26)13-25-9-5-20(27)15-25/h10-12,16,20,27H,1-9,13-15H2. The van der Waals surface area contributed by atoms with Crippen LogP contribution in [-0.2, 0) is 10.2 Å². The number of aliphatic hydroxyl groups is 1. The van der Waals surface area contributed by atoms with Gasteiger partial charge in [-0.3, -0.25) is 4.79 Å². The first-order chi connectivity index (χ1) is 13.5. The van der Waals surface area contributed by atoms with Crippen molar-refractivity contribution in [2.24, 2.45) is 5.92 Å². The van der Waals surface area contributed by atoms with Crippen molar-refractivity contribution in [1.82, 2.24) is 9.80 Å². The summed E-state index contributed by atoms with van der Waals surface area (Å²) in [4.78, 5) is 17.8. The van der Waals surface area contributed by atoms with E-state index in [2.05, 4.69) is 4.90 Å². The molecule has 1 N–H and O–H groups in total. The van der Waals surface area contributed by atoms with Crippen molar-refractivity contribution in [2.75, 3.05) is 32.7 Å². The second-order valence-corrected chi connectivity index (χ2v) is 8.91. The number of hydrogen-bond acceptors (Lipinski definition) is 3. The average molecular weight is 392 g/mol. The SMILES string of the molecule is O=C(N1CCCC(CN2CCC(O)C2)C1)C1(c2cc(F)cc(F)c2)CCCC1. The Hall–Kier alpha value is -1.53. The molecule has 6 heteroatoms. The third kappa shape index (κ3) is 3.94. The van der Waals surface area contributed by atoms with Crippen molar-refractivity contribution >= 4 is 5.91 Å². The van der Waals surface area contributed by atoms with Gasteiger partial charge in [0.05, 0.1) is 11.5 Å². The quantitative estimate of drug-likeness (QED) is 0.857. The Bertz CT molecular complexity index is 700. The van der Waals surface area contributed by atoms with Crippen molar-refractivity contribution in [2.45, 2.75) is 56.5 Å². The number of nitrogens with zero attached hydrogens (tertiary/aromatic N) is 2. The van der Waals surface area contributed by atoms with E-state index < -0.39 is 17.0 Å². The molecule has 1 aromatic carbocycles. The second-order valence-electron chi connectivity index (χ2n) is 8.91. The van der Waals surface area contributed by atoms with Gasteiger partial charge in [-0.2, -0.15) is 0 Å². The molecule has 4 rings (SSSR count). The van der Waals surface area contributed by atoms with E-state index in [0.29, 0.717) is 30.9 Å². The Morgan fingerprint density at radius 2 is 1.75 bits per heavy atom. The zero-order valence-electron chi connectivity index (χ0n) is 16.4. The molecule has 0 radical (unpaired) electrons. The van der Waals surface area contributed by atoms with Crippen molar-refractivity contribution in [1.29, 1.82) is 0 Å². The van der Waals surface area contributed by atoms with Gasteiger partial charge in [-0.05, 0) is 55.7 Å². The monoisotopic (exact) mass is 392 g/mol. The molecule has 2 aliphatic heterocycles. The number of aliphatic hydroxyl groups excluding tert-OH is 1. The number of hydrogen-bond donors (Lipinski definition) is 1. The molecular formula is C22H30F2N2O2. The van der Waals surface area contributed by atoms with E-state index >= 15 is 0 Å². The summed E-state index contributed by atoms with van der Waals surface area (Å²) in [6.07, 6.45) is 5.77. The lowest BCUT2D eigenvalue weighted by Gasteiger charge is -2.40. The molecule has 2 saturated heterocycles. The zero-order valence-corrected chi connectivity index (χ0v) is 16.4. The molecule has 0 bridgehead atoms. The predicted molar refractivity (Wildman–Crippen MR) is 103 cm³/mol. The van der Waals surface area contributed by atoms with Crippen LogP contribution < -0.4 is 0 Å². The fraction of sp³-hybridized carbons (Fsp3) is 0.682. The number of carbonyl (C=O) groups is 1. The second kappa shape index (κ2) is 8.07. The van der Waals surface area contributed by atoms with Gasteiger partial charge in [0.2, 0.25) is 5.91 Å². The van der Waals surface area contributed by atoms with Gasteiger partial charge in [-0.15, -0.1) is 0 Å². The lowest BCUT2D eigenvalue weighted by atomic mass is 9.76. The third-order valence-corrected chi connectivity index (χ3v) is 6.85. The average Bonchev–Trinajstić information content (AvgIpc) is 3.30. The Balaban J connectivity index is 1.50. The molecular weight excluding hydrogens is 362 g/mol. The van der Waals surface area contributed by atoms with E-state index in [4.69, 9.17) is 0 Å². The highest BCUT2D eigenvalue weighted by molar-refractivity contribution is 5.88. The van der Waals surface area contributed by atoms with Crippen molar-refractivity contribution in [3.8, 4) is 0 Å². The normalized spacial score (nSPS) is 28.0. The van der Waals surface area contributed by atoms with Crippen LogP contribution in [0.25, 0.3) is 0 Å². The minimum absolute atomic E-state index is 0.0427. The Labute approximate surface area is 165 Å². The molecule has 1 aromatic rings. The van der Waals surface area contributed by atoms with E-state index in [0.717, 1.165) is 64.3 Å². The molecule has 2 unspecified atom stereocenters. The van der Waals surface area contributed by atoms with Crippen LogP contribution in [0.15, 0.2) is 18.2 Å². The van der Waals surface area contributed by atoms with Crippen LogP contribution in [0, 0.1) is 17.6 Å². The van der Waals surface area contributed by atoms with Crippen molar-refractivity contribution in [3.05, 3.63) is 35.4 Å². The van der Waals surface area contributed by atoms with Crippen LogP contribution in [0.4, 0.5) is 8.78 Å². The van der Waals surface area contributed by atoms with E-state index in [-0.39, 0.29) is 12.0 Å². The highest BCUT2D eigenvalue weighted by Gasteiger charge is 2.46. The third-order valence-electron chi connectivity index (χ3n) is 6.85. The first-order valence-corrected chi connectivity index (χ1v) is 10.6. The summed E-state index contributed by atoms with van der Waals surface area (Å²) in [7, 11) is 0. The molecule has 2 atom stereocenters. The van der Waals surface area contributed by atoms with Crippen LogP contribution in [0.1, 0.15) is 50.5 Å². The fourth-order valence-electron chi connectivity index (χ4n) is 5.48. The lowest BCUT2D eigenvalue weighted by molar-refractivity contribution is -0.139. The fourth-order valence-corrected chi connectivity index (χ4v) is 5.48. The van der Waals surface area contributed by atoms with E-state index in [9.17, 15) is 18.7 Å². The van der Waals surface area contributed by atoms with Gasteiger partial charge >= 0.3 is 0 Å². The predicted octanol–water partition coefficient (Wildman–Crippen LogP) is 3.08. The molecule has 28 heavy (non-hydrogen) atoms. The first-order valence-electron chi connectivity index (χ1n) is 10.6. The van der Waals surface area contributed by atoms with Gasteiger partial charge in [0.1, 0.15) is 11.6 Å². The number of likely N-dealkylation sites (tertiary alicyclic amines) is 2. The molecule has 3 aliphatic rings. The number of rotatable bonds is 4. The summed E-state index contributed by atoms with van der Waals surface area (Å²) in [5.74, 6) is -0.789. The minimum Gasteiger partial charge on any atom is -0.392 e. The smallest absolute Gasteiger partial charge is 0.233 e. The van der Waals surface area contributed by atoms with Crippen LogP contribution >= 0.6 is 0 Å². The number of piperidine rings is 1. The molecule has 3 fully saturated rings. The number of β-amino-alcohol motifs (C(OH)–C–C–N with tert-alkyl or cyclic N) is 1. The molecule has 4 nitrogen and oxygen atoms in total. The van der Waals surface area contributed by atoms with Crippen molar-refractivity contribution < 1.29 is 18.7 Å². The maximum Gasteiger partial charge on any atom is 0.233 e. The maximum atomic E-state index is 13.9. The molecule has 2 heterocycles. The van der Waals surface area contributed by atoms with Gasteiger partial charge in [-0.25, -0.2) is 8.78 Å². The molecule has 0 aromatic heterocycles. The Morgan fingerprint density at radius 3 is 2.39 bits per heavy atom. The van der Waals surface area contributed by atoms with Crippen LogP contribution in [0.2, 0.25) is 0 Å². The van der Waals surface area contributed by atoms with E-state index in [1.54, 1.807) is 0 Å². The molecule has 0 spiro atoms. The van der Waals surface area contributed by atoms with Gasteiger partial charge in [-0.1, -0.05) is 12.8 Å². The first kappa shape index (κ1) is 19.8. The van der Waals surface area contributed by atoms with Crippen LogP contribution in [-0.4, -0.2) is 59.6 Å². The van der Waals surface area contributed by atoms with Crippen molar-refractivity contribution in [3.63, 3.8) is 0 Å². The van der Waals surface area contributed by atoms with Gasteiger partial charge < -0.3 is 14.9 Å². The Morgan fingerprint density at radius 1 is 1.04 bits per heavy atom. The van der Waals surface area contributed by atoms with Gasteiger partial charge in [0.25, 0.3) is 0 Å². The summed E-state index contributed by atoms with van der Waals surface area (Å²) in [5.41, 5.74) is -0.286. The summed E-state index contributed by atoms with van der Waals surface area (Å²) >= 11 is 0. The van der Waals surface area contributed by atoms with Gasteiger partial charge in [0.15, 0.2) is 0 Å². The largest absolute Gasteiger partial charge is 0.392 e. The minimum atomic E-state index is -0.783.